The second kappa shape index (κ2) is 8.05. The van der Waals surface area contributed by atoms with Gasteiger partial charge in [-0.05, 0) is 26.0 Å². The second-order valence-electron chi connectivity index (χ2n) is 5.94. The fourth-order valence-electron chi connectivity index (χ4n) is 2.29. The summed E-state index contributed by atoms with van der Waals surface area (Å²) in [7, 11) is 0. The van der Waals surface area contributed by atoms with Gasteiger partial charge in [0.05, 0.1) is 5.56 Å². The molecule has 1 atom stereocenters. The van der Waals surface area contributed by atoms with Crippen LogP contribution in [0.1, 0.15) is 22.8 Å². The van der Waals surface area contributed by atoms with E-state index in [1.165, 1.54) is 36.5 Å². The van der Waals surface area contributed by atoms with Gasteiger partial charge < -0.3 is 5.32 Å². The maximum absolute atomic E-state index is 13.6. The van der Waals surface area contributed by atoms with Crippen molar-refractivity contribution < 1.29 is 14.0 Å². The largest absolute Gasteiger partial charge is 0.340 e. The molecule has 0 saturated heterocycles. The van der Waals surface area contributed by atoms with E-state index in [0.29, 0.717) is 10.1 Å². The summed E-state index contributed by atoms with van der Waals surface area (Å²) >= 11 is 1.23. The minimum atomic E-state index is -0.871. The fraction of sp³-hybridized carbons (Fsp3) is 0.158. The summed E-state index contributed by atoms with van der Waals surface area (Å²) < 4.78 is 13.6. The first kappa shape index (κ1) is 18.7. The Kier molecular flexibility index (Phi) is 5.56. The number of benzene rings is 2. The van der Waals surface area contributed by atoms with Crippen molar-refractivity contribution in [2.75, 3.05) is 5.32 Å². The van der Waals surface area contributed by atoms with Gasteiger partial charge in [-0.3, -0.25) is 14.9 Å². The van der Waals surface area contributed by atoms with Crippen molar-refractivity contribution in [3.05, 3.63) is 65.5 Å². The Morgan fingerprint density at radius 2 is 1.78 bits per heavy atom. The van der Waals surface area contributed by atoms with Gasteiger partial charge in [0.25, 0.3) is 5.91 Å². The van der Waals surface area contributed by atoms with Crippen LogP contribution in [-0.4, -0.2) is 28.1 Å². The lowest BCUT2D eigenvalue weighted by Gasteiger charge is -2.13. The molecule has 2 aromatic carbocycles. The molecule has 0 aliphatic carbocycles. The van der Waals surface area contributed by atoms with Gasteiger partial charge in [0.1, 0.15) is 16.9 Å². The molecular weight excluding hydrogens is 367 g/mol. The highest BCUT2D eigenvalue weighted by Crippen LogP contribution is 2.26. The number of aryl methyl sites for hydroxylation is 1. The van der Waals surface area contributed by atoms with Gasteiger partial charge in [-0.25, -0.2) is 4.39 Å². The van der Waals surface area contributed by atoms with E-state index >= 15 is 0 Å². The van der Waals surface area contributed by atoms with E-state index in [1.807, 2.05) is 31.2 Å². The Labute approximate surface area is 159 Å². The van der Waals surface area contributed by atoms with Gasteiger partial charge in [-0.15, -0.1) is 10.2 Å². The Bertz CT molecular complexity index is 972. The molecule has 0 saturated carbocycles. The number of nitrogens with one attached hydrogen (secondary N) is 2. The average Bonchev–Trinajstić information content (AvgIpc) is 3.11. The smallest absolute Gasteiger partial charge is 0.254 e. The molecule has 0 aliphatic heterocycles. The summed E-state index contributed by atoms with van der Waals surface area (Å²) in [5, 5.41) is 14.1. The molecule has 2 N–H and O–H groups in total. The van der Waals surface area contributed by atoms with Crippen molar-refractivity contribution in [1.29, 1.82) is 0 Å². The molecular formula is C19H17FN4O2S. The maximum atomic E-state index is 13.6. The normalized spacial score (nSPS) is 11.7. The van der Waals surface area contributed by atoms with Crippen LogP contribution < -0.4 is 10.6 Å². The van der Waals surface area contributed by atoms with Gasteiger partial charge in [0, 0.05) is 5.56 Å². The van der Waals surface area contributed by atoms with Crippen LogP contribution in [0.5, 0.6) is 0 Å². The second-order valence-corrected chi connectivity index (χ2v) is 6.92. The molecule has 6 nitrogen and oxygen atoms in total. The highest BCUT2D eigenvalue weighted by Gasteiger charge is 2.20. The average molecular weight is 384 g/mol. The van der Waals surface area contributed by atoms with Gasteiger partial charge in [0.15, 0.2) is 0 Å². The highest BCUT2D eigenvalue weighted by molar-refractivity contribution is 7.18. The van der Waals surface area contributed by atoms with Crippen LogP contribution in [0.15, 0.2) is 48.5 Å². The lowest BCUT2D eigenvalue weighted by Crippen LogP contribution is -2.41. The van der Waals surface area contributed by atoms with Crippen LogP contribution in [-0.2, 0) is 4.79 Å². The number of amides is 2. The van der Waals surface area contributed by atoms with Crippen molar-refractivity contribution >= 4 is 28.3 Å². The molecule has 3 rings (SSSR count). The number of anilines is 1. The predicted octanol–water partition coefficient (Wildman–Crippen LogP) is 3.41. The molecule has 27 heavy (non-hydrogen) atoms. The van der Waals surface area contributed by atoms with Crippen molar-refractivity contribution in [3.63, 3.8) is 0 Å². The quantitative estimate of drug-likeness (QED) is 0.706. The predicted molar refractivity (Wildman–Crippen MR) is 102 cm³/mol. The molecule has 0 fully saturated rings. The van der Waals surface area contributed by atoms with Crippen LogP contribution >= 0.6 is 11.3 Å². The van der Waals surface area contributed by atoms with Crippen molar-refractivity contribution in [2.45, 2.75) is 19.9 Å². The summed E-state index contributed by atoms with van der Waals surface area (Å²) in [6.45, 7) is 3.50. The van der Waals surface area contributed by atoms with E-state index in [-0.39, 0.29) is 5.56 Å². The van der Waals surface area contributed by atoms with Crippen LogP contribution in [0.2, 0.25) is 0 Å². The first-order valence-corrected chi connectivity index (χ1v) is 9.02. The summed E-state index contributed by atoms with van der Waals surface area (Å²) in [4.78, 5) is 24.4. The minimum Gasteiger partial charge on any atom is -0.340 e. The van der Waals surface area contributed by atoms with Gasteiger partial charge in [-0.1, -0.05) is 53.3 Å². The lowest BCUT2D eigenvalue weighted by atomic mass is 10.2. The molecule has 0 unspecified atom stereocenters. The number of rotatable bonds is 5. The standard InChI is InChI=1S/C19H17FN4O2S/c1-11-7-9-13(10-8-11)18-23-24-19(27-18)22-16(25)12(2)21-17(26)14-5-3-4-6-15(14)20/h3-10,12H,1-2H3,(H,21,26)(H,22,24,25)/t12-/m0/s1. The van der Waals surface area contributed by atoms with Crippen LogP contribution in [0.4, 0.5) is 9.52 Å². The molecule has 0 radical (unpaired) electrons. The van der Waals surface area contributed by atoms with Gasteiger partial charge in [0.2, 0.25) is 11.0 Å². The first-order chi connectivity index (χ1) is 12.9. The van der Waals surface area contributed by atoms with E-state index in [9.17, 15) is 14.0 Å². The monoisotopic (exact) mass is 384 g/mol. The molecule has 0 bridgehead atoms. The number of carbonyl (C=O) groups is 2. The first-order valence-electron chi connectivity index (χ1n) is 8.21. The number of carbonyl (C=O) groups excluding carboxylic acids is 2. The zero-order chi connectivity index (χ0) is 19.4. The van der Waals surface area contributed by atoms with Gasteiger partial charge in [-0.2, -0.15) is 0 Å². The molecule has 8 heteroatoms. The minimum absolute atomic E-state index is 0.116. The van der Waals surface area contributed by atoms with Crippen molar-refractivity contribution in [2.24, 2.45) is 0 Å². The summed E-state index contributed by atoms with van der Waals surface area (Å²) in [6.07, 6.45) is 0. The molecule has 1 aromatic heterocycles. The number of nitrogens with zero attached hydrogens (tertiary/aromatic N) is 2. The third-order valence-corrected chi connectivity index (χ3v) is 4.70. The summed E-state index contributed by atoms with van der Waals surface area (Å²) in [6, 6.07) is 12.5. The van der Waals surface area contributed by atoms with E-state index < -0.39 is 23.7 Å². The number of aromatic nitrogens is 2. The zero-order valence-corrected chi connectivity index (χ0v) is 15.5. The highest BCUT2D eigenvalue weighted by atomic mass is 32.1. The van der Waals surface area contributed by atoms with E-state index in [4.69, 9.17) is 0 Å². The van der Waals surface area contributed by atoms with Crippen molar-refractivity contribution in [1.82, 2.24) is 15.5 Å². The molecule has 3 aromatic rings. The fourth-order valence-corrected chi connectivity index (χ4v) is 3.04. The molecule has 138 valence electrons. The Morgan fingerprint density at radius 1 is 1.07 bits per heavy atom. The Balaban J connectivity index is 1.62. The SMILES string of the molecule is Cc1ccc(-c2nnc(NC(=O)[C@H](C)NC(=O)c3ccccc3F)s2)cc1. The zero-order valence-electron chi connectivity index (χ0n) is 14.7. The molecule has 0 aliphatic rings. The van der Waals surface area contributed by atoms with Crippen molar-refractivity contribution in [3.8, 4) is 10.6 Å². The number of hydrogen-bond acceptors (Lipinski definition) is 5. The van der Waals surface area contributed by atoms with Crippen LogP contribution in [0, 0.1) is 12.7 Å². The van der Waals surface area contributed by atoms with Crippen LogP contribution in [0.3, 0.4) is 0 Å². The third kappa shape index (κ3) is 4.53. The summed E-state index contributed by atoms with van der Waals surface area (Å²) in [5.74, 6) is -1.77. The van der Waals surface area contributed by atoms with E-state index in [0.717, 1.165) is 11.1 Å². The maximum Gasteiger partial charge on any atom is 0.254 e. The molecule has 1 heterocycles. The number of halogens is 1. The Morgan fingerprint density at radius 3 is 2.48 bits per heavy atom. The third-order valence-electron chi connectivity index (χ3n) is 3.81. The lowest BCUT2D eigenvalue weighted by molar-refractivity contribution is -0.117. The van der Waals surface area contributed by atoms with E-state index in [1.54, 1.807) is 6.07 Å². The van der Waals surface area contributed by atoms with Crippen LogP contribution in [0.25, 0.3) is 10.6 Å². The molecule has 0 spiro atoms. The summed E-state index contributed by atoms with van der Waals surface area (Å²) in [5.41, 5.74) is 1.92. The Hall–Kier alpha value is -3.13. The van der Waals surface area contributed by atoms with E-state index in [2.05, 4.69) is 20.8 Å². The topological polar surface area (TPSA) is 84.0 Å². The number of hydrogen-bond donors (Lipinski definition) is 2. The van der Waals surface area contributed by atoms with Gasteiger partial charge >= 0.3 is 0 Å². The molecule has 2 amide bonds.